The van der Waals surface area contributed by atoms with E-state index in [2.05, 4.69) is 48.5 Å². The third-order valence-corrected chi connectivity index (χ3v) is 11.0. The monoisotopic (exact) mass is 679 g/mol. The Bertz CT molecular complexity index is 2840. The first kappa shape index (κ1) is 24.7. The van der Waals surface area contributed by atoms with Crippen LogP contribution >= 0.6 is 0 Å². The van der Waals surface area contributed by atoms with Crippen LogP contribution in [0.3, 0.4) is 0 Å². The summed E-state index contributed by atoms with van der Waals surface area (Å²) in [5.74, 6) is 0. The van der Waals surface area contributed by atoms with Crippen LogP contribution in [0, 0.1) is 48.3 Å². The lowest BCUT2D eigenvalue weighted by atomic mass is 9.20. The second-order valence-electron chi connectivity index (χ2n) is 14.4. The lowest BCUT2D eigenvalue weighted by molar-refractivity contribution is -0.660. The van der Waals surface area contributed by atoms with E-state index < -0.39 is 34.0 Å². The topological polar surface area (TPSA) is 3.88 Å². The fraction of sp³-hybridized carbons (Fsp3) is 0.163. The molecule has 2 heterocycles. The molecule has 0 saturated heterocycles. The molecular formula is C49H46B2N+. The molecule has 8 rings (SSSR count). The number of hydrogen-bond donors (Lipinski definition) is 0. The van der Waals surface area contributed by atoms with Gasteiger partial charge in [-0.3, -0.25) is 0 Å². The lowest BCUT2D eigenvalue weighted by Gasteiger charge is -2.34. The summed E-state index contributed by atoms with van der Waals surface area (Å²) in [4.78, 5) is 0. The Morgan fingerprint density at radius 3 is 1.62 bits per heavy atom. The number of hydrogen-bond acceptors (Lipinski definition) is 0. The van der Waals surface area contributed by atoms with Crippen molar-refractivity contribution in [2.45, 2.75) is 48.3 Å². The van der Waals surface area contributed by atoms with E-state index in [1.54, 1.807) is 30.5 Å². The molecule has 6 aromatic carbocycles. The minimum atomic E-state index is -2.39. The van der Waals surface area contributed by atoms with E-state index in [1.807, 2.05) is 93.9 Å². The van der Waals surface area contributed by atoms with Gasteiger partial charge >= 0.3 is 0 Å². The minimum absolute atomic E-state index is 0.273. The van der Waals surface area contributed by atoms with Gasteiger partial charge in [-0.05, 0) is 82.1 Å². The first-order valence-electron chi connectivity index (χ1n) is 22.4. The molecule has 0 saturated carbocycles. The highest BCUT2D eigenvalue weighted by molar-refractivity contribution is 7.11. The molecule has 0 amide bonds. The van der Waals surface area contributed by atoms with Crippen LogP contribution in [0.2, 0.25) is 0 Å². The molecule has 0 aliphatic carbocycles. The van der Waals surface area contributed by atoms with Crippen molar-refractivity contribution < 1.29 is 16.9 Å². The highest BCUT2D eigenvalue weighted by Crippen LogP contribution is 2.31. The normalized spacial score (nSPS) is 15.4. The standard InChI is InChI=1S/C49H46B2N/c1-31-19-22-38(23-20-31)41-29-47(52(8)30-37(41)7)42-27-39(24-21-32(42)2)40-25-26-45-46(28-40)51(49-35(5)15-12-16-36(49)6)44-18-10-9-17-43(44)50(45)48-33(3)13-11-14-34(48)4/h9-30H,1-8H3/q+1/i3D3,5D3,7D3. The van der Waals surface area contributed by atoms with Crippen molar-refractivity contribution in [3.8, 4) is 33.5 Å². The van der Waals surface area contributed by atoms with Crippen molar-refractivity contribution in [3.05, 3.63) is 173 Å². The molecule has 0 spiro atoms. The zero-order valence-corrected chi connectivity index (χ0v) is 30.3. The van der Waals surface area contributed by atoms with Crippen LogP contribution in [-0.4, -0.2) is 13.4 Å². The van der Waals surface area contributed by atoms with Crippen molar-refractivity contribution in [2.75, 3.05) is 0 Å². The molecule has 0 fully saturated rings. The minimum Gasteiger partial charge on any atom is -0.201 e. The first-order chi connectivity index (χ1) is 28.7. The molecule has 252 valence electrons. The molecule has 1 aromatic heterocycles. The fourth-order valence-corrected chi connectivity index (χ4v) is 8.35. The first-order valence-corrected chi connectivity index (χ1v) is 17.9. The number of fused-ring (bicyclic) bond motifs is 2. The smallest absolute Gasteiger partial charge is 0.201 e. The third-order valence-electron chi connectivity index (χ3n) is 11.0. The molecule has 3 heteroatoms. The van der Waals surface area contributed by atoms with Crippen molar-refractivity contribution in [1.29, 1.82) is 0 Å². The van der Waals surface area contributed by atoms with Crippen LogP contribution < -0.4 is 37.3 Å². The van der Waals surface area contributed by atoms with Gasteiger partial charge in [-0.25, -0.2) is 4.57 Å². The van der Waals surface area contributed by atoms with E-state index in [0.29, 0.717) is 11.1 Å². The molecule has 7 aromatic rings. The summed E-state index contributed by atoms with van der Waals surface area (Å²) in [5.41, 5.74) is 15.0. The summed E-state index contributed by atoms with van der Waals surface area (Å²) in [6.45, 7) is -0.00314. The van der Waals surface area contributed by atoms with Gasteiger partial charge in [-0.2, -0.15) is 0 Å². The zero-order valence-electron chi connectivity index (χ0n) is 39.3. The zero-order chi connectivity index (χ0) is 43.8. The second-order valence-corrected chi connectivity index (χ2v) is 14.4. The van der Waals surface area contributed by atoms with Crippen LogP contribution in [0.15, 0.2) is 134 Å². The van der Waals surface area contributed by atoms with Gasteiger partial charge in [0, 0.05) is 29.5 Å². The number of pyridine rings is 1. The van der Waals surface area contributed by atoms with E-state index in [9.17, 15) is 0 Å². The predicted molar refractivity (Wildman–Crippen MR) is 226 cm³/mol. The van der Waals surface area contributed by atoms with Crippen molar-refractivity contribution in [2.24, 2.45) is 7.05 Å². The molecule has 1 aliphatic rings. The SMILES string of the molecule is [2H]C([2H])([2H])c1c[n+](C)c(-c2cc(-c3ccc4c(c3)B(c3c(C)cccc3C([2H])([2H])[2H])c3ccccc3B4c3c(C)cccc3C([2H])([2H])[2H])ccc2C)cc1-c1ccc(C)cc1. The average molecular weight is 680 g/mol. The maximum atomic E-state index is 8.68. The Kier molecular flexibility index (Phi) is 6.32. The number of benzene rings is 6. The van der Waals surface area contributed by atoms with Crippen LogP contribution in [0.25, 0.3) is 33.5 Å². The fourth-order valence-electron chi connectivity index (χ4n) is 8.35. The highest BCUT2D eigenvalue weighted by Gasteiger charge is 2.40. The number of rotatable bonds is 5. The molecule has 52 heavy (non-hydrogen) atoms. The van der Waals surface area contributed by atoms with Gasteiger partial charge in [0.05, 0.1) is 0 Å². The van der Waals surface area contributed by atoms with Gasteiger partial charge < -0.3 is 0 Å². The molecular weight excluding hydrogens is 624 g/mol. The van der Waals surface area contributed by atoms with Gasteiger partial charge in [0.2, 0.25) is 19.1 Å². The van der Waals surface area contributed by atoms with Crippen LogP contribution in [0.1, 0.15) is 51.3 Å². The highest BCUT2D eigenvalue weighted by atomic mass is 14.9. The Labute approximate surface area is 323 Å². The Morgan fingerprint density at radius 1 is 0.442 bits per heavy atom. The van der Waals surface area contributed by atoms with Crippen LogP contribution in [0.4, 0.5) is 0 Å². The quantitative estimate of drug-likeness (QED) is 0.136. The molecule has 0 unspecified atom stereocenters. The van der Waals surface area contributed by atoms with Gasteiger partial charge in [0.25, 0.3) is 0 Å². The largest absolute Gasteiger partial charge is 0.240 e. The Morgan fingerprint density at radius 2 is 0.981 bits per heavy atom. The number of aromatic nitrogens is 1. The second kappa shape index (κ2) is 13.3. The van der Waals surface area contributed by atoms with Gasteiger partial charge in [-0.15, -0.1) is 0 Å². The van der Waals surface area contributed by atoms with Gasteiger partial charge in [-0.1, -0.05) is 176 Å². The van der Waals surface area contributed by atoms with Gasteiger partial charge in [0.1, 0.15) is 7.05 Å². The van der Waals surface area contributed by atoms with Crippen molar-refractivity contribution in [3.63, 3.8) is 0 Å². The van der Waals surface area contributed by atoms with E-state index in [-0.39, 0.29) is 11.1 Å². The summed E-state index contributed by atoms with van der Waals surface area (Å²) in [6.07, 6.45) is 1.72. The van der Waals surface area contributed by atoms with E-state index in [1.165, 1.54) is 0 Å². The summed E-state index contributed by atoms with van der Waals surface area (Å²) < 4.78 is 79.0. The number of nitrogens with zero attached hydrogens (tertiary/aromatic N) is 1. The maximum absolute atomic E-state index is 8.68. The molecule has 1 nitrogen and oxygen atoms in total. The molecule has 0 N–H and O–H groups in total. The Balaban J connectivity index is 1.39. The summed E-state index contributed by atoms with van der Waals surface area (Å²) >= 11 is 0. The van der Waals surface area contributed by atoms with Crippen molar-refractivity contribution in [1.82, 2.24) is 0 Å². The lowest BCUT2D eigenvalue weighted by Crippen LogP contribution is -2.75. The number of aryl methyl sites for hydroxylation is 8. The molecule has 0 radical (unpaired) electrons. The van der Waals surface area contributed by atoms with Crippen molar-refractivity contribution >= 4 is 46.2 Å². The van der Waals surface area contributed by atoms with Crippen LogP contribution in [-0.2, 0) is 7.05 Å². The molecule has 1 aliphatic heterocycles. The van der Waals surface area contributed by atoms with Crippen LogP contribution in [0.5, 0.6) is 0 Å². The molecule has 0 bridgehead atoms. The van der Waals surface area contributed by atoms with E-state index in [4.69, 9.17) is 12.3 Å². The summed E-state index contributed by atoms with van der Waals surface area (Å²) in [5, 5.41) is 0. The molecule has 0 atom stereocenters. The third kappa shape index (κ3) is 5.73. The summed E-state index contributed by atoms with van der Waals surface area (Å²) in [6, 6.07) is 41.5. The average Bonchev–Trinajstić information content (AvgIpc) is 3.19. The Hall–Kier alpha value is -5.40. The maximum Gasteiger partial charge on any atom is 0.240 e. The van der Waals surface area contributed by atoms with E-state index >= 15 is 0 Å². The predicted octanol–water partition coefficient (Wildman–Crippen LogP) is 7.02. The summed E-state index contributed by atoms with van der Waals surface area (Å²) in [7, 11) is 1.88. The van der Waals surface area contributed by atoms with Gasteiger partial charge in [0.15, 0.2) is 6.20 Å². The van der Waals surface area contributed by atoms with E-state index in [0.717, 1.165) is 83.0 Å².